The van der Waals surface area contributed by atoms with E-state index in [0.717, 1.165) is 0 Å². The second-order valence-corrected chi connectivity index (χ2v) is 7.05. The summed E-state index contributed by atoms with van der Waals surface area (Å²) < 4.78 is 13.0. The Morgan fingerprint density at radius 2 is 1.76 bits per heavy atom. The van der Waals surface area contributed by atoms with Gasteiger partial charge in [-0.15, -0.1) is 4.73 Å². The largest absolute Gasteiger partial charge is 0.492 e. The lowest BCUT2D eigenvalue weighted by atomic mass is 10.0. The highest BCUT2D eigenvalue weighted by atomic mass is 19.1. The molecule has 0 aliphatic carbocycles. The molecule has 4 N–H and O–H groups in total. The maximum atomic E-state index is 13.1. The maximum Gasteiger partial charge on any atom is 0.294 e. The SMILES string of the molecule is O=C(Nc1ccc2c(C(=O)NCc3ccc(F)cc3)c(O)n(O)c(=O)c2c1)c1ccccn1. The number of nitrogens with one attached hydrogen (secondary N) is 2. The van der Waals surface area contributed by atoms with Crippen molar-refractivity contribution in [1.29, 1.82) is 0 Å². The molecule has 0 atom stereocenters. The van der Waals surface area contributed by atoms with E-state index in [4.69, 9.17) is 0 Å². The summed E-state index contributed by atoms with van der Waals surface area (Å²) in [5.41, 5.74) is -0.337. The highest BCUT2D eigenvalue weighted by molar-refractivity contribution is 6.10. The average molecular weight is 448 g/mol. The summed E-state index contributed by atoms with van der Waals surface area (Å²) in [6.07, 6.45) is 1.46. The van der Waals surface area contributed by atoms with E-state index in [1.807, 2.05) is 0 Å². The molecular formula is C23H17FN4O5. The second-order valence-electron chi connectivity index (χ2n) is 7.05. The van der Waals surface area contributed by atoms with Gasteiger partial charge in [0.05, 0.1) is 5.39 Å². The number of carbonyl (C=O) groups is 2. The summed E-state index contributed by atoms with van der Waals surface area (Å²) in [6.45, 7) is 0.0167. The molecule has 2 heterocycles. The molecule has 0 aliphatic heterocycles. The first-order valence-corrected chi connectivity index (χ1v) is 9.71. The van der Waals surface area contributed by atoms with Gasteiger partial charge in [-0.25, -0.2) is 4.39 Å². The van der Waals surface area contributed by atoms with Crippen LogP contribution in [0.5, 0.6) is 5.88 Å². The fraction of sp³-hybridized carbons (Fsp3) is 0.0435. The predicted octanol–water partition coefficient (Wildman–Crippen LogP) is 2.66. The number of nitrogens with zero attached hydrogens (tertiary/aromatic N) is 2. The standard InChI is InChI=1S/C23H17FN4O5/c24-14-6-4-13(5-7-14)12-26-21(30)19-16-9-8-15(11-17(16)22(31)28(33)23(19)32)27-20(29)18-3-1-2-10-25-18/h1-11,32-33H,12H2,(H,26,30)(H,27,29). The molecule has 0 spiro atoms. The van der Waals surface area contributed by atoms with Crippen molar-refractivity contribution in [2.45, 2.75) is 6.54 Å². The first-order chi connectivity index (χ1) is 15.8. The summed E-state index contributed by atoms with van der Waals surface area (Å²) in [5, 5.41) is 25.4. The van der Waals surface area contributed by atoms with Gasteiger partial charge < -0.3 is 20.9 Å². The normalized spacial score (nSPS) is 10.7. The van der Waals surface area contributed by atoms with E-state index >= 15 is 0 Å². The van der Waals surface area contributed by atoms with Crippen molar-refractivity contribution in [3.8, 4) is 5.88 Å². The molecule has 2 aromatic carbocycles. The van der Waals surface area contributed by atoms with Crippen LogP contribution >= 0.6 is 0 Å². The van der Waals surface area contributed by atoms with E-state index in [9.17, 15) is 29.1 Å². The minimum atomic E-state index is -0.980. The van der Waals surface area contributed by atoms with Crippen molar-refractivity contribution in [3.05, 3.63) is 99.9 Å². The van der Waals surface area contributed by atoms with Crippen molar-refractivity contribution in [3.63, 3.8) is 0 Å². The molecule has 0 radical (unpaired) electrons. The van der Waals surface area contributed by atoms with Crippen LogP contribution in [0.3, 0.4) is 0 Å². The fourth-order valence-electron chi connectivity index (χ4n) is 3.24. The van der Waals surface area contributed by atoms with Crippen LogP contribution in [0, 0.1) is 5.82 Å². The molecule has 2 aromatic heterocycles. The summed E-state index contributed by atoms with van der Waals surface area (Å²) >= 11 is 0. The molecule has 0 saturated heterocycles. The van der Waals surface area contributed by atoms with Crippen LogP contribution in [0.4, 0.5) is 10.1 Å². The fourth-order valence-corrected chi connectivity index (χ4v) is 3.24. The topological polar surface area (TPSA) is 134 Å². The van der Waals surface area contributed by atoms with Crippen molar-refractivity contribution in [2.75, 3.05) is 5.32 Å². The number of fused-ring (bicyclic) bond motifs is 1. The second kappa shape index (κ2) is 8.79. The first kappa shape index (κ1) is 21.5. The molecule has 0 unspecified atom stereocenters. The van der Waals surface area contributed by atoms with E-state index in [1.165, 1.54) is 54.7 Å². The number of rotatable bonds is 5. The van der Waals surface area contributed by atoms with Gasteiger partial charge in [-0.3, -0.25) is 19.4 Å². The molecule has 166 valence electrons. The van der Waals surface area contributed by atoms with Gasteiger partial charge in [0.1, 0.15) is 17.1 Å². The molecule has 4 rings (SSSR count). The lowest BCUT2D eigenvalue weighted by Gasteiger charge is -2.13. The number of benzene rings is 2. The Bertz CT molecular complexity index is 1420. The van der Waals surface area contributed by atoms with Gasteiger partial charge in [-0.2, -0.15) is 0 Å². The van der Waals surface area contributed by atoms with E-state index in [1.54, 1.807) is 12.1 Å². The predicted molar refractivity (Wildman–Crippen MR) is 117 cm³/mol. The molecular weight excluding hydrogens is 431 g/mol. The summed E-state index contributed by atoms with van der Waals surface area (Å²) in [6, 6.07) is 14.4. The Morgan fingerprint density at radius 3 is 2.45 bits per heavy atom. The quantitative estimate of drug-likeness (QED) is 0.347. The van der Waals surface area contributed by atoms with Crippen LogP contribution in [0.1, 0.15) is 26.4 Å². The molecule has 0 bridgehead atoms. The van der Waals surface area contributed by atoms with Gasteiger partial charge in [-0.05, 0) is 42.0 Å². The third-order valence-electron chi connectivity index (χ3n) is 4.88. The van der Waals surface area contributed by atoms with E-state index in [0.29, 0.717) is 5.56 Å². The Morgan fingerprint density at radius 1 is 1.00 bits per heavy atom. The van der Waals surface area contributed by atoms with Gasteiger partial charge in [-0.1, -0.05) is 24.3 Å². The number of amides is 2. The van der Waals surface area contributed by atoms with Crippen LogP contribution in [-0.2, 0) is 6.54 Å². The Balaban J connectivity index is 1.66. The highest BCUT2D eigenvalue weighted by Crippen LogP contribution is 2.26. The Kier molecular flexibility index (Phi) is 5.73. The van der Waals surface area contributed by atoms with Crippen LogP contribution in [0.2, 0.25) is 0 Å². The molecule has 4 aromatic rings. The van der Waals surface area contributed by atoms with Crippen molar-refractivity contribution in [1.82, 2.24) is 15.0 Å². The highest BCUT2D eigenvalue weighted by Gasteiger charge is 2.22. The molecule has 0 saturated carbocycles. The third kappa shape index (κ3) is 4.35. The third-order valence-corrected chi connectivity index (χ3v) is 4.88. The minimum absolute atomic E-state index is 0.0167. The summed E-state index contributed by atoms with van der Waals surface area (Å²) in [7, 11) is 0. The van der Waals surface area contributed by atoms with E-state index < -0.39 is 29.1 Å². The molecule has 10 heteroatoms. The molecule has 9 nitrogen and oxygen atoms in total. The molecule has 0 aliphatic rings. The molecule has 33 heavy (non-hydrogen) atoms. The van der Waals surface area contributed by atoms with Gasteiger partial charge in [0.15, 0.2) is 0 Å². The number of aromatic hydroxyl groups is 1. The zero-order valence-corrected chi connectivity index (χ0v) is 16.9. The smallest absolute Gasteiger partial charge is 0.294 e. The number of hydrogen-bond acceptors (Lipinski definition) is 6. The average Bonchev–Trinajstić information content (AvgIpc) is 2.83. The van der Waals surface area contributed by atoms with Crippen molar-refractivity contribution >= 4 is 28.3 Å². The van der Waals surface area contributed by atoms with E-state index in [-0.39, 0.29) is 39.0 Å². The van der Waals surface area contributed by atoms with Gasteiger partial charge in [0.25, 0.3) is 17.4 Å². The van der Waals surface area contributed by atoms with Crippen molar-refractivity contribution < 1.29 is 24.3 Å². The number of hydrogen-bond donors (Lipinski definition) is 4. The zero-order valence-electron chi connectivity index (χ0n) is 16.9. The first-order valence-electron chi connectivity index (χ1n) is 9.71. The number of aromatic nitrogens is 2. The van der Waals surface area contributed by atoms with Crippen LogP contribution in [-0.4, -0.2) is 31.8 Å². The minimum Gasteiger partial charge on any atom is -0.492 e. The van der Waals surface area contributed by atoms with Crippen LogP contribution in [0.15, 0.2) is 71.7 Å². The number of anilines is 1. The van der Waals surface area contributed by atoms with Gasteiger partial charge in [0, 0.05) is 23.8 Å². The number of halogens is 1. The summed E-state index contributed by atoms with van der Waals surface area (Å²) in [4.78, 5) is 41.6. The maximum absolute atomic E-state index is 13.1. The van der Waals surface area contributed by atoms with Gasteiger partial charge >= 0.3 is 0 Å². The zero-order chi connectivity index (χ0) is 23.5. The lowest BCUT2D eigenvalue weighted by Crippen LogP contribution is -2.27. The van der Waals surface area contributed by atoms with Crippen molar-refractivity contribution in [2.24, 2.45) is 0 Å². The molecule has 0 fully saturated rings. The van der Waals surface area contributed by atoms with Crippen LogP contribution < -0.4 is 16.2 Å². The Labute approximate surface area is 185 Å². The summed E-state index contributed by atoms with van der Waals surface area (Å²) in [5.74, 6) is -2.65. The number of pyridine rings is 2. The lowest BCUT2D eigenvalue weighted by molar-refractivity contribution is 0.0934. The molecule has 2 amide bonds. The van der Waals surface area contributed by atoms with Crippen LogP contribution in [0.25, 0.3) is 10.8 Å². The van der Waals surface area contributed by atoms with E-state index in [2.05, 4.69) is 15.6 Å². The van der Waals surface area contributed by atoms with Gasteiger partial charge in [0.2, 0.25) is 5.88 Å². The number of carbonyl (C=O) groups excluding carboxylic acids is 2. The Hall–Kier alpha value is -4.73. The monoisotopic (exact) mass is 448 g/mol.